The summed E-state index contributed by atoms with van der Waals surface area (Å²) in [4.78, 5) is 18.2. The van der Waals surface area contributed by atoms with Gasteiger partial charge in [0.2, 0.25) is 11.9 Å². The number of ether oxygens (including phenoxy) is 2. The van der Waals surface area contributed by atoms with E-state index in [1.165, 1.54) is 16.6 Å². The van der Waals surface area contributed by atoms with Gasteiger partial charge in [0.1, 0.15) is 12.2 Å². The molecule has 14 nitrogen and oxygen atoms in total. The number of fused-ring (bicyclic) bond motifs is 2. The van der Waals surface area contributed by atoms with E-state index in [0.29, 0.717) is 40.7 Å². The first kappa shape index (κ1) is 44.4. The Balaban J connectivity index is 0.000000185. The summed E-state index contributed by atoms with van der Waals surface area (Å²) in [6.07, 6.45) is 2.91. The van der Waals surface area contributed by atoms with Crippen LogP contribution in [0, 0.1) is 0 Å². The van der Waals surface area contributed by atoms with Gasteiger partial charge in [-0.15, -0.1) is 0 Å². The minimum atomic E-state index is -4.53. The molecule has 6 heterocycles. The van der Waals surface area contributed by atoms with E-state index >= 15 is 0 Å². The molecular weight excluding hydrogens is 856 g/mol. The molecule has 0 bridgehead atoms. The Bertz CT molecular complexity index is 2430. The fraction of sp³-hybridized carbons (Fsp3) is 0.463. The van der Waals surface area contributed by atoms with E-state index in [2.05, 4.69) is 65.2 Å². The fourth-order valence-corrected chi connectivity index (χ4v) is 7.60. The molecule has 2 aromatic carbocycles. The Morgan fingerprint density at radius 2 is 1.26 bits per heavy atom. The van der Waals surface area contributed by atoms with E-state index < -0.39 is 11.7 Å². The molecule has 0 amide bonds. The molecule has 0 aliphatic carbocycles. The minimum Gasteiger partial charge on any atom is -0.459 e. The Morgan fingerprint density at radius 3 is 1.74 bits per heavy atom. The molecule has 8 rings (SSSR count). The van der Waals surface area contributed by atoms with Gasteiger partial charge in [-0.2, -0.15) is 52.3 Å². The van der Waals surface area contributed by atoms with Crippen molar-refractivity contribution in [2.75, 3.05) is 36.8 Å². The van der Waals surface area contributed by atoms with Crippen LogP contribution in [0.1, 0.15) is 93.0 Å². The van der Waals surface area contributed by atoms with Crippen LogP contribution < -0.4 is 30.7 Å². The highest BCUT2D eigenvalue weighted by molar-refractivity contribution is 6.42. The quantitative estimate of drug-likeness (QED) is 0.0928. The lowest BCUT2D eigenvalue weighted by Crippen LogP contribution is -2.37. The van der Waals surface area contributed by atoms with Crippen LogP contribution in [0.2, 0.25) is 15.1 Å². The molecule has 4 N–H and O–H groups in total. The normalized spacial score (nSPS) is 17.1. The number of hydrogen-bond acceptors (Lipinski definition) is 12. The van der Waals surface area contributed by atoms with Gasteiger partial charge >= 0.3 is 18.2 Å². The van der Waals surface area contributed by atoms with E-state index in [-0.39, 0.29) is 53.1 Å². The molecule has 20 heteroatoms. The summed E-state index contributed by atoms with van der Waals surface area (Å²) >= 11 is 18.2. The summed E-state index contributed by atoms with van der Waals surface area (Å²) in [5.41, 5.74) is 3.37. The Kier molecular flexibility index (Phi) is 14.2. The number of anilines is 2. The second-order valence-electron chi connectivity index (χ2n) is 15.5. The van der Waals surface area contributed by atoms with Crippen LogP contribution in [-0.2, 0) is 19.3 Å². The van der Waals surface area contributed by atoms with Crippen molar-refractivity contribution < 1.29 is 22.6 Å². The van der Waals surface area contributed by atoms with Crippen molar-refractivity contribution in [2.45, 2.75) is 96.7 Å². The number of nitrogens with one attached hydrogen (secondary N) is 4. The molecule has 2 atom stereocenters. The molecular formula is C41H48Cl3F3N12O2. The first-order chi connectivity index (χ1) is 29.2. The van der Waals surface area contributed by atoms with Crippen LogP contribution in [-0.4, -0.2) is 77.6 Å². The summed E-state index contributed by atoms with van der Waals surface area (Å²) in [7, 11) is 0. The third-order valence-corrected chi connectivity index (χ3v) is 11.4. The van der Waals surface area contributed by atoms with E-state index in [4.69, 9.17) is 44.3 Å². The van der Waals surface area contributed by atoms with Crippen molar-refractivity contribution in [1.82, 2.24) is 49.8 Å². The van der Waals surface area contributed by atoms with E-state index in [1.54, 1.807) is 16.8 Å². The molecule has 0 unspecified atom stereocenters. The summed E-state index contributed by atoms with van der Waals surface area (Å²) in [6, 6.07) is 9.79. The fourth-order valence-electron chi connectivity index (χ4n) is 7.04. The molecule has 0 radical (unpaired) electrons. The van der Waals surface area contributed by atoms with Crippen molar-refractivity contribution >= 4 is 58.0 Å². The zero-order chi connectivity index (χ0) is 43.3. The van der Waals surface area contributed by atoms with Gasteiger partial charge in [-0.05, 0) is 79.9 Å². The first-order valence-corrected chi connectivity index (χ1v) is 21.4. The lowest BCUT2D eigenvalue weighted by Gasteiger charge is -2.23. The van der Waals surface area contributed by atoms with Gasteiger partial charge in [-0.1, -0.05) is 80.7 Å². The molecule has 61 heavy (non-hydrogen) atoms. The standard InChI is InChI=1S/C21H24ClF3N6O.C20H24Cl2N6O/c1-12(2)16-11-28-31-18(16)29-20(32-15-4-3-7-26-10-15)30-19(31)27-9-13-5-6-14(22)8-17(13)21(23,24)25;1-12(2)15-11-25-28-18(15)26-20(29-14-6-4-8-23-10-14)27-19(28)24-9-13-5-3-7-16(21)17(13)22/h5-6,8,11-12,15,26H,3-4,7,9-10H2,1-2H3,(H,27,29,30);3,5,7,11-12,14,23H,4,6,8-10H2,1-2H3,(H,24,26,27)/t15-;14-/m11/s1. The molecule has 326 valence electrons. The molecule has 0 saturated carbocycles. The van der Waals surface area contributed by atoms with Crippen molar-refractivity contribution in [1.29, 1.82) is 0 Å². The predicted molar refractivity (Wildman–Crippen MR) is 230 cm³/mol. The second kappa shape index (κ2) is 19.6. The molecule has 2 aliphatic heterocycles. The Hall–Kier alpha value is -4.68. The van der Waals surface area contributed by atoms with Gasteiger partial charge in [0, 0.05) is 42.3 Å². The maximum Gasteiger partial charge on any atom is 0.416 e. The van der Waals surface area contributed by atoms with E-state index in [1.807, 2.05) is 32.2 Å². The number of nitrogens with zero attached hydrogens (tertiary/aromatic N) is 8. The third kappa shape index (κ3) is 10.9. The number of piperidine rings is 2. The Labute approximate surface area is 366 Å². The zero-order valence-corrected chi connectivity index (χ0v) is 36.4. The lowest BCUT2D eigenvalue weighted by atomic mass is 10.1. The topological polar surface area (TPSA) is 153 Å². The maximum absolute atomic E-state index is 13.5. The number of alkyl halides is 3. The lowest BCUT2D eigenvalue weighted by molar-refractivity contribution is -0.138. The van der Waals surface area contributed by atoms with Crippen LogP contribution in [0.4, 0.5) is 25.1 Å². The van der Waals surface area contributed by atoms with Crippen LogP contribution in [0.25, 0.3) is 11.3 Å². The van der Waals surface area contributed by atoms with Crippen molar-refractivity contribution in [2.24, 2.45) is 0 Å². The number of hydrogen-bond donors (Lipinski definition) is 4. The second-order valence-corrected chi connectivity index (χ2v) is 16.8. The maximum atomic E-state index is 13.5. The van der Waals surface area contributed by atoms with Crippen LogP contribution in [0.5, 0.6) is 12.0 Å². The highest BCUT2D eigenvalue weighted by atomic mass is 35.5. The van der Waals surface area contributed by atoms with E-state index in [0.717, 1.165) is 73.7 Å². The van der Waals surface area contributed by atoms with Gasteiger partial charge < -0.3 is 30.7 Å². The minimum absolute atomic E-state index is 0.0240. The average molecular weight is 904 g/mol. The van der Waals surface area contributed by atoms with Crippen molar-refractivity contribution in [3.63, 3.8) is 0 Å². The van der Waals surface area contributed by atoms with Crippen molar-refractivity contribution in [3.05, 3.63) is 91.7 Å². The summed E-state index contributed by atoms with van der Waals surface area (Å²) in [5, 5.41) is 22.8. The van der Waals surface area contributed by atoms with Crippen LogP contribution in [0.3, 0.4) is 0 Å². The summed E-state index contributed by atoms with van der Waals surface area (Å²) < 4.78 is 55.7. The smallest absolute Gasteiger partial charge is 0.416 e. The van der Waals surface area contributed by atoms with Crippen LogP contribution >= 0.6 is 34.8 Å². The number of halogens is 6. The predicted octanol–water partition coefficient (Wildman–Crippen LogP) is 8.96. The van der Waals surface area contributed by atoms with Crippen molar-refractivity contribution in [3.8, 4) is 12.0 Å². The largest absolute Gasteiger partial charge is 0.459 e. The highest BCUT2D eigenvalue weighted by Gasteiger charge is 2.33. The molecule has 2 fully saturated rings. The number of aromatic nitrogens is 8. The monoisotopic (exact) mass is 902 g/mol. The first-order valence-electron chi connectivity index (χ1n) is 20.3. The average Bonchev–Trinajstić information content (AvgIpc) is 3.87. The zero-order valence-electron chi connectivity index (χ0n) is 34.2. The highest BCUT2D eigenvalue weighted by Crippen LogP contribution is 2.35. The van der Waals surface area contributed by atoms with Crippen LogP contribution in [0.15, 0.2) is 48.8 Å². The summed E-state index contributed by atoms with van der Waals surface area (Å²) in [5.74, 6) is 1.23. The third-order valence-electron chi connectivity index (χ3n) is 10.3. The van der Waals surface area contributed by atoms with E-state index in [9.17, 15) is 13.2 Å². The molecule has 4 aromatic heterocycles. The Morgan fingerprint density at radius 1 is 0.738 bits per heavy atom. The van der Waals surface area contributed by atoms with Gasteiger partial charge in [0.25, 0.3) is 0 Å². The number of rotatable bonds is 12. The van der Waals surface area contributed by atoms with Gasteiger partial charge in [-0.3, -0.25) is 0 Å². The van der Waals surface area contributed by atoms with Gasteiger partial charge in [0.05, 0.1) is 28.0 Å². The van der Waals surface area contributed by atoms with Gasteiger partial charge in [0.15, 0.2) is 11.3 Å². The molecule has 2 saturated heterocycles. The van der Waals surface area contributed by atoms with Gasteiger partial charge in [-0.25, -0.2) is 0 Å². The summed E-state index contributed by atoms with van der Waals surface area (Å²) in [6.45, 7) is 12.0. The molecule has 0 spiro atoms. The molecule has 2 aliphatic rings. The number of benzene rings is 2. The SMILES string of the molecule is CC(C)c1cnn2c(NCc3ccc(Cl)cc3C(F)(F)F)nc(O[C@@H]3CCCNC3)nc12.CC(C)c1cnn2c(NCc3cccc(Cl)c3Cl)nc(O[C@@H]3CCCNC3)nc12. The molecule has 6 aromatic rings.